The van der Waals surface area contributed by atoms with Crippen LogP contribution in [0.1, 0.15) is 35.0 Å². The second kappa shape index (κ2) is 6.77. The van der Waals surface area contributed by atoms with Crippen LogP contribution in [0.3, 0.4) is 0 Å². The SMILES string of the molecule is C[C@]1(c2cc(CC(=O)c3ccc(Cl)cn3)cnc2F)N=C(N)S[C@@]2(CF)C[C@H]21. The summed E-state index contributed by atoms with van der Waals surface area (Å²) in [6, 6.07) is 4.69. The number of fused-ring (bicyclic) bond motifs is 1. The van der Waals surface area contributed by atoms with Gasteiger partial charge < -0.3 is 5.73 Å². The van der Waals surface area contributed by atoms with Crippen molar-refractivity contribution < 1.29 is 13.6 Å². The highest BCUT2D eigenvalue weighted by molar-refractivity contribution is 8.15. The van der Waals surface area contributed by atoms with Crippen LogP contribution in [0, 0.1) is 11.9 Å². The Morgan fingerprint density at radius 1 is 1.39 bits per heavy atom. The van der Waals surface area contributed by atoms with Crippen molar-refractivity contribution in [2.24, 2.45) is 16.6 Å². The number of rotatable bonds is 5. The van der Waals surface area contributed by atoms with E-state index < -0.39 is 22.9 Å². The van der Waals surface area contributed by atoms with Gasteiger partial charge in [-0.2, -0.15) is 4.39 Å². The molecule has 5 nitrogen and oxygen atoms in total. The summed E-state index contributed by atoms with van der Waals surface area (Å²) in [5.74, 6) is -1.11. The molecule has 0 bridgehead atoms. The molecule has 0 spiro atoms. The summed E-state index contributed by atoms with van der Waals surface area (Å²) in [5.41, 5.74) is 5.91. The molecule has 3 atom stereocenters. The van der Waals surface area contributed by atoms with Gasteiger partial charge in [0.15, 0.2) is 11.0 Å². The van der Waals surface area contributed by atoms with Crippen molar-refractivity contribution >= 4 is 34.3 Å². The smallest absolute Gasteiger partial charge is 0.218 e. The van der Waals surface area contributed by atoms with Gasteiger partial charge >= 0.3 is 0 Å². The molecule has 9 heteroatoms. The number of nitrogens with zero attached hydrogens (tertiary/aromatic N) is 3. The van der Waals surface area contributed by atoms with Crippen molar-refractivity contribution in [3.8, 4) is 0 Å². The zero-order valence-corrected chi connectivity index (χ0v) is 16.5. The van der Waals surface area contributed by atoms with Gasteiger partial charge in [-0.3, -0.25) is 14.8 Å². The third-order valence-electron chi connectivity index (χ3n) is 5.40. The van der Waals surface area contributed by atoms with Crippen LogP contribution in [0.15, 0.2) is 35.6 Å². The van der Waals surface area contributed by atoms with Gasteiger partial charge in [0.05, 0.1) is 15.3 Å². The third kappa shape index (κ3) is 3.18. The number of amidine groups is 1. The Kier molecular flexibility index (Phi) is 4.66. The summed E-state index contributed by atoms with van der Waals surface area (Å²) < 4.78 is 27.6. The Morgan fingerprint density at radius 2 is 2.18 bits per heavy atom. The first-order chi connectivity index (χ1) is 13.3. The number of hydrogen-bond donors (Lipinski definition) is 1. The Hall–Kier alpha value is -2.06. The third-order valence-corrected chi connectivity index (χ3v) is 6.89. The Labute approximate surface area is 169 Å². The molecular weight excluding hydrogens is 406 g/mol. The van der Waals surface area contributed by atoms with Crippen molar-refractivity contribution in [3.63, 3.8) is 0 Å². The predicted molar refractivity (Wildman–Crippen MR) is 105 cm³/mol. The van der Waals surface area contributed by atoms with Crippen LogP contribution in [0.4, 0.5) is 8.78 Å². The minimum absolute atomic E-state index is 0.00212. The van der Waals surface area contributed by atoms with Crippen molar-refractivity contribution in [2.75, 3.05) is 6.67 Å². The lowest BCUT2D eigenvalue weighted by Gasteiger charge is -2.33. The quantitative estimate of drug-likeness (QED) is 0.587. The van der Waals surface area contributed by atoms with Crippen molar-refractivity contribution in [3.05, 3.63) is 58.4 Å². The Bertz CT molecular complexity index is 986. The van der Waals surface area contributed by atoms with E-state index >= 15 is 0 Å². The van der Waals surface area contributed by atoms with Crippen LogP contribution in [-0.4, -0.2) is 32.3 Å². The summed E-state index contributed by atoms with van der Waals surface area (Å²) in [6.45, 7) is 1.19. The zero-order chi connectivity index (χ0) is 20.1. The van der Waals surface area contributed by atoms with Gasteiger partial charge in [0, 0.05) is 30.3 Å². The lowest BCUT2D eigenvalue weighted by atomic mass is 9.86. The molecule has 3 heterocycles. The van der Waals surface area contributed by atoms with Crippen molar-refractivity contribution in [1.82, 2.24) is 9.97 Å². The van der Waals surface area contributed by atoms with E-state index in [-0.39, 0.29) is 34.5 Å². The molecule has 0 amide bonds. The second-order valence-electron chi connectivity index (χ2n) is 7.30. The van der Waals surface area contributed by atoms with E-state index in [1.54, 1.807) is 19.1 Å². The largest absolute Gasteiger partial charge is 0.378 e. The molecule has 0 unspecified atom stereocenters. The molecule has 1 aliphatic heterocycles. The van der Waals surface area contributed by atoms with E-state index in [0.717, 1.165) is 0 Å². The first kappa shape index (κ1) is 19.3. The number of carbonyl (C=O) groups is 1. The summed E-state index contributed by atoms with van der Waals surface area (Å²) in [4.78, 5) is 24.7. The monoisotopic (exact) mass is 422 g/mol. The molecule has 0 radical (unpaired) electrons. The van der Waals surface area contributed by atoms with E-state index in [4.69, 9.17) is 17.3 Å². The molecule has 0 aromatic carbocycles. The molecule has 0 saturated heterocycles. The second-order valence-corrected chi connectivity index (χ2v) is 9.17. The lowest BCUT2D eigenvalue weighted by Crippen LogP contribution is -2.37. The zero-order valence-electron chi connectivity index (χ0n) is 15.0. The Morgan fingerprint density at radius 3 is 2.86 bits per heavy atom. The molecule has 2 aliphatic rings. The summed E-state index contributed by atoms with van der Waals surface area (Å²) in [6.07, 6.45) is 3.27. The van der Waals surface area contributed by atoms with E-state index in [1.165, 1.54) is 30.2 Å². The van der Waals surface area contributed by atoms with Gasteiger partial charge in [-0.15, -0.1) is 0 Å². The normalized spacial score (nSPS) is 28.4. The standard InChI is InChI=1S/C19H17ClF2N4OS/c1-18(15-6-19(15,9-21)28-17(23)26-18)12-4-10(7-25-16(12)22)5-14(27)13-3-2-11(20)8-24-13/h2-4,7-8,15H,5-6,9H2,1H3,(H2,23,26)/t15-,18+,19+/m0/s1. The topological polar surface area (TPSA) is 81.2 Å². The van der Waals surface area contributed by atoms with Crippen LogP contribution in [0.2, 0.25) is 5.02 Å². The first-order valence-electron chi connectivity index (χ1n) is 8.67. The molecule has 2 N–H and O–H groups in total. The van der Waals surface area contributed by atoms with Crippen LogP contribution in [0.25, 0.3) is 0 Å². The first-order valence-corrected chi connectivity index (χ1v) is 9.87. The van der Waals surface area contributed by atoms with E-state index in [9.17, 15) is 13.6 Å². The highest BCUT2D eigenvalue weighted by atomic mass is 35.5. The molecule has 146 valence electrons. The van der Waals surface area contributed by atoms with Crippen LogP contribution < -0.4 is 5.73 Å². The number of carbonyl (C=O) groups excluding carboxylic acids is 1. The maximum absolute atomic E-state index is 14.6. The number of pyridine rings is 2. The summed E-state index contributed by atoms with van der Waals surface area (Å²) >= 11 is 7.01. The number of halogens is 3. The molecule has 28 heavy (non-hydrogen) atoms. The average molecular weight is 423 g/mol. The van der Waals surface area contributed by atoms with Gasteiger partial charge in [-0.25, -0.2) is 9.37 Å². The Balaban J connectivity index is 1.65. The van der Waals surface area contributed by atoms with Crippen molar-refractivity contribution in [1.29, 1.82) is 0 Å². The van der Waals surface area contributed by atoms with Crippen LogP contribution in [-0.2, 0) is 12.0 Å². The number of ketones is 1. The fourth-order valence-electron chi connectivity index (χ4n) is 3.83. The van der Waals surface area contributed by atoms with Gasteiger partial charge in [0.25, 0.3) is 0 Å². The van der Waals surface area contributed by atoms with Crippen LogP contribution >= 0.6 is 23.4 Å². The van der Waals surface area contributed by atoms with Gasteiger partial charge in [0.2, 0.25) is 5.95 Å². The number of hydrogen-bond acceptors (Lipinski definition) is 6. The highest BCUT2D eigenvalue weighted by Crippen LogP contribution is 2.65. The number of alkyl halides is 1. The molecule has 2 aromatic rings. The molecule has 1 saturated carbocycles. The summed E-state index contributed by atoms with van der Waals surface area (Å²) in [7, 11) is 0. The number of Topliss-reactive ketones (excluding diaryl/α,β-unsaturated/α-hetero) is 1. The van der Waals surface area contributed by atoms with E-state index in [0.29, 0.717) is 17.0 Å². The average Bonchev–Trinajstić information content (AvgIpc) is 3.39. The fourth-order valence-corrected chi connectivity index (χ4v) is 5.27. The van der Waals surface area contributed by atoms with E-state index in [2.05, 4.69) is 15.0 Å². The highest BCUT2D eigenvalue weighted by Gasteiger charge is 2.66. The van der Waals surface area contributed by atoms with Crippen molar-refractivity contribution in [2.45, 2.75) is 30.1 Å². The van der Waals surface area contributed by atoms with Gasteiger partial charge in [0.1, 0.15) is 12.4 Å². The number of aliphatic imine (C=N–C) groups is 1. The predicted octanol–water partition coefficient (Wildman–Crippen LogP) is 3.70. The number of aromatic nitrogens is 2. The van der Waals surface area contributed by atoms with E-state index in [1.807, 2.05) is 0 Å². The van der Waals surface area contributed by atoms with Gasteiger partial charge in [-0.05, 0) is 37.1 Å². The number of thioether (sulfide) groups is 1. The maximum Gasteiger partial charge on any atom is 0.218 e. The minimum atomic E-state index is -1.02. The summed E-state index contributed by atoms with van der Waals surface area (Å²) in [5, 5.41) is 0.668. The lowest BCUT2D eigenvalue weighted by molar-refractivity contribution is 0.0988. The van der Waals surface area contributed by atoms with Gasteiger partial charge in [-0.1, -0.05) is 23.4 Å². The van der Waals surface area contributed by atoms with Crippen LogP contribution in [0.5, 0.6) is 0 Å². The molecule has 1 aliphatic carbocycles. The number of nitrogens with two attached hydrogens (primary N) is 1. The molecule has 4 rings (SSSR count). The minimum Gasteiger partial charge on any atom is -0.378 e. The molecule has 1 fully saturated rings. The molecular formula is C19H17ClF2N4OS. The maximum atomic E-state index is 14.6. The fraction of sp³-hybridized carbons (Fsp3) is 0.368. The molecule has 2 aromatic heterocycles.